The Morgan fingerprint density at radius 2 is 2.00 bits per heavy atom. The highest BCUT2D eigenvalue weighted by atomic mass is 32.1. The van der Waals surface area contributed by atoms with E-state index in [2.05, 4.69) is 11.1 Å². The third-order valence-electron chi connectivity index (χ3n) is 3.46. The number of thiophene rings is 1. The van der Waals surface area contributed by atoms with Gasteiger partial charge in [-0.15, -0.1) is 11.3 Å². The van der Waals surface area contributed by atoms with Crippen LogP contribution in [0.5, 0.6) is 11.6 Å². The minimum Gasteiger partial charge on any atom is -0.504 e. The van der Waals surface area contributed by atoms with E-state index in [4.69, 9.17) is 4.74 Å². The van der Waals surface area contributed by atoms with Crippen molar-refractivity contribution in [3.8, 4) is 39.4 Å². The Morgan fingerprint density at radius 3 is 2.67 bits per heavy atom. The third-order valence-corrected chi connectivity index (χ3v) is 4.37. The van der Waals surface area contributed by atoms with Gasteiger partial charge < -0.3 is 9.84 Å². The zero-order valence-electron chi connectivity index (χ0n) is 12.7. The van der Waals surface area contributed by atoms with Crippen molar-refractivity contribution in [3.63, 3.8) is 0 Å². The van der Waals surface area contributed by atoms with E-state index in [-0.39, 0.29) is 11.4 Å². The van der Waals surface area contributed by atoms with Crippen molar-refractivity contribution in [1.82, 2.24) is 4.98 Å². The number of ether oxygens (including phenoxy) is 1. The van der Waals surface area contributed by atoms with Crippen LogP contribution in [0.2, 0.25) is 0 Å². The Labute approximate surface area is 142 Å². The SMILES string of the molecule is COc1nc(-c2ccccc(=O)c2O)cc(-c2cccs2)c1C#N. The van der Waals surface area contributed by atoms with Gasteiger partial charge in [0.2, 0.25) is 11.3 Å². The van der Waals surface area contributed by atoms with E-state index in [1.54, 1.807) is 24.3 Å². The predicted octanol–water partition coefficient (Wildman–Crippen LogP) is 3.42. The minimum atomic E-state index is -0.502. The van der Waals surface area contributed by atoms with Crippen LogP contribution in [0.15, 0.2) is 52.6 Å². The average molecular weight is 336 g/mol. The van der Waals surface area contributed by atoms with Crippen molar-refractivity contribution in [2.45, 2.75) is 0 Å². The van der Waals surface area contributed by atoms with E-state index < -0.39 is 11.2 Å². The lowest BCUT2D eigenvalue weighted by Gasteiger charge is -2.10. The topological polar surface area (TPSA) is 83.2 Å². The van der Waals surface area contributed by atoms with Crippen molar-refractivity contribution >= 4 is 11.3 Å². The van der Waals surface area contributed by atoms with Crippen LogP contribution in [0.4, 0.5) is 0 Å². The standard InChI is InChI=1S/C18H12N2O3S/c1-23-18-13(10-19)12(16-7-4-8-24-16)9-14(20-18)11-5-2-3-6-15(21)17(11)22/h2-9H,1H3,(H,21,22). The maximum absolute atomic E-state index is 11.8. The summed E-state index contributed by atoms with van der Waals surface area (Å²) < 4.78 is 5.24. The number of hydrogen-bond donors (Lipinski definition) is 1. The van der Waals surface area contributed by atoms with Crippen LogP contribution < -0.4 is 10.2 Å². The summed E-state index contributed by atoms with van der Waals surface area (Å²) in [6, 6.07) is 13.6. The summed E-state index contributed by atoms with van der Waals surface area (Å²) in [6.07, 6.45) is 0. The molecule has 3 rings (SSSR count). The lowest BCUT2D eigenvalue weighted by Crippen LogP contribution is -1.99. The fourth-order valence-electron chi connectivity index (χ4n) is 2.33. The fraction of sp³-hybridized carbons (Fsp3) is 0.0556. The van der Waals surface area contributed by atoms with Crippen LogP contribution in [0.25, 0.3) is 21.7 Å². The van der Waals surface area contributed by atoms with Gasteiger partial charge >= 0.3 is 0 Å². The van der Waals surface area contributed by atoms with Gasteiger partial charge in [-0.25, -0.2) is 4.98 Å². The minimum absolute atomic E-state index is 0.150. The molecule has 2 heterocycles. The van der Waals surface area contributed by atoms with Gasteiger partial charge in [0.05, 0.1) is 12.8 Å². The van der Waals surface area contributed by atoms with Gasteiger partial charge in [-0.05, 0) is 29.6 Å². The Kier molecular flexibility index (Phi) is 4.27. The second-order valence-corrected chi connectivity index (χ2v) is 5.82. The second kappa shape index (κ2) is 6.52. The first kappa shape index (κ1) is 15.7. The first-order chi connectivity index (χ1) is 11.7. The number of rotatable bonds is 3. The summed E-state index contributed by atoms with van der Waals surface area (Å²) in [5.41, 5.74) is 1.10. The molecule has 0 bridgehead atoms. The fourth-order valence-corrected chi connectivity index (χ4v) is 3.08. The molecular weight excluding hydrogens is 324 g/mol. The molecule has 6 heteroatoms. The number of aromatic nitrogens is 1. The Balaban J connectivity index is 2.35. The molecule has 0 unspecified atom stereocenters. The van der Waals surface area contributed by atoms with Crippen LogP contribution in [0.1, 0.15) is 5.56 Å². The molecule has 0 saturated heterocycles. The van der Waals surface area contributed by atoms with Crippen molar-refractivity contribution in [2.75, 3.05) is 7.11 Å². The molecule has 1 N–H and O–H groups in total. The van der Waals surface area contributed by atoms with Gasteiger partial charge in [0.15, 0.2) is 5.75 Å². The Hall–Kier alpha value is -3.17. The van der Waals surface area contributed by atoms with Crippen LogP contribution in [0.3, 0.4) is 0 Å². The Bertz CT molecular complexity index is 992. The molecule has 0 aliphatic carbocycles. The molecule has 0 spiro atoms. The van der Waals surface area contributed by atoms with E-state index in [9.17, 15) is 15.2 Å². The van der Waals surface area contributed by atoms with E-state index in [0.717, 1.165) is 4.88 Å². The molecule has 0 atom stereocenters. The molecule has 0 radical (unpaired) electrons. The number of aromatic hydroxyl groups is 1. The van der Waals surface area contributed by atoms with Crippen molar-refractivity contribution in [1.29, 1.82) is 5.26 Å². The summed E-state index contributed by atoms with van der Waals surface area (Å²) in [5.74, 6) is -0.242. The van der Waals surface area contributed by atoms with Crippen molar-refractivity contribution in [3.05, 3.63) is 63.6 Å². The molecular formula is C18H12N2O3S. The molecule has 0 aliphatic rings. The summed E-state index contributed by atoms with van der Waals surface area (Å²) in [6.45, 7) is 0. The molecule has 3 aromatic rings. The van der Waals surface area contributed by atoms with Crippen molar-refractivity contribution in [2.24, 2.45) is 0 Å². The molecule has 0 fully saturated rings. The number of nitrogens with zero attached hydrogens (tertiary/aromatic N) is 2. The maximum Gasteiger partial charge on any atom is 0.232 e. The molecule has 118 valence electrons. The smallest absolute Gasteiger partial charge is 0.232 e. The van der Waals surface area contributed by atoms with Gasteiger partial charge in [-0.2, -0.15) is 5.26 Å². The van der Waals surface area contributed by atoms with Gasteiger partial charge in [-0.3, -0.25) is 4.79 Å². The molecule has 5 nitrogen and oxygen atoms in total. The lowest BCUT2D eigenvalue weighted by atomic mass is 10.0. The monoisotopic (exact) mass is 336 g/mol. The van der Waals surface area contributed by atoms with Crippen molar-refractivity contribution < 1.29 is 9.84 Å². The maximum atomic E-state index is 11.8. The summed E-state index contributed by atoms with van der Waals surface area (Å²) in [5, 5.41) is 21.5. The first-order valence-electron chi connectivity index (χ1n) is 7.01. The number of pyridine rings is 1. The molecule has 0 aliphatic heterocycles. The molecule has 2 aromatic heterocycles. The highest BCUT2D eigenvalue weighted by Crippen LogP contribution is 2.36. The quantitative estimate of drug-likeness (QED) is 0.792. The number of hydrogen-bond acceptors (Lipinski definition) is 6. The van der Waals surface area contributed by atoms with Crippen LogP contribution in [-0.4, -0.2) is 17.2 Å². The van der Waals surface area contributed by atoms with E-state index in [1.807, 2.05) is 17.5 Å². The molecule has 24 heavy (non-hydrogen) atoms. The molecule has 0 amide bonds. The predicted molar refractivity (Wildman–Crippen MR) is 92.2 cm³/mol. The summed E-state index contributed by atoms with van der Waals surface area (Å²) in [7, 11) is 1.43. The average Bonchev–Trinajstić information content (AvgIpc) is 3.08. The number of nitriles is 1. The zero-order valence-corrected chi connectivity index (χ0v) is 13.5. The van der Waals surface area contributed by atoms with Gasteiger partial charge in [0, 0.05) is 16.0 Å². The van der Waals surface area contributed by atoms with Gasteiger partial charge in [0.1, 0.15) is 11.6 Å². The summed E-state index contributed by atoms with van der Waals surface area (Å²) >= 11 is 1.48. The number of methoxy groups -OCH3 is 1. The van der Waals surface area contributed by atoms with E-state index in [0.29, 0.717) is 16.8 Å². The van der Waals surface area contributed by atoms with E-state index >= 15 is 0 Å². The highest BCUT2D eigenvalue weighted by Gasteiger charge is 2.18. The normalized spacial score (nSPS) is 10.2. The Morgan fingerprint density at radius 1 is 1.21 bits per heavy atom. The van der Waals surface area contributed by atoms with Crippen LogP contribution >= 0.6 is 11.3 Å². The van der Waals surface area contributed by atoms with E-state index in [1.165, 1.54) is 24.5 Å². The zero-order chi connectivity index (χ0) is 17.1. The molecule has 1 aromatic carbocycles. The lowest BCUT2D eigenvalue weighted by molar-refractivity contribution is 0.397. The second-order valence-electron chi connectivity index (χ2n) is 4.87. The first-order valence-corrected chi connectivity index (χ1v) is 7.89. The molecule has 0 saturated carbocycles. The van der Waals surface area contributed by atoms with Gasteiger partial charge in [-0.1, -0.05) is 18.2 Å². The third kappa shape index (κ3) is 2.73. The largest absolute Gasteiger partial charge is 0.504 e. The summed E-state index contributed by atoms with van der Waals surface area (Å²) in [4.78, 5) is 17.0. The highest BCUT2D eigenvalue weighted by molar-refractivity contribution is 7.13. The van der Waals surface area contributed by atoms with Crippen LogP contribution in [0, 0.1) is 11.3 Å². The van der Waals surface area contributed by atoms with Crippen LogP contribution in [-0.2, 0) is 0 Å². The van der Waals surface area contributed by atoms with Gasteiger partial charge in [0.25, 0.3) is 0 Å².